The Balaban J connectivity index is 1.76. The molecule has 3 rings (SSSR count). The number of ether oxygens (including phenoxy) is 1. The molecule has 4 heteroatoms. The molecule has 0 aromatic heterocycles. The lowest BCUT2D eigenvalue weighted by molar-refractivity contribution is 0.0806. The third-order valence-corrected chi connectivity index (χ3v) is 4.64. The molecule has 0 N–H and O–H groups in total. The second-order valence-electron chi connectivity index (χ2n) is 6.27. The molecule has 0 amide bonds. The van der Waals surface area contributed by atoms with Crippen LogP contribution in [0.2, 0.25) is 0 Å². The third kappa shape index (κ3) is 3.11. The van der Waals surface area contributed by atoms with E-state index in [0.29, 0.717) is 12.5 Å². The molecule has 4 nitrogen and oxygen atoms in total. The first-order valence-corrected chi connectivity index (χ1v) is 7.82. The number of rotatable bonds is 3. The number of likely N-dealkylation sites (N-methyl/N-ethyl adjacent to an activating group) is 2. The van der Waals surface area contributed by atoms with Gasteiger partial charge in [0.15, 0.2) is 5.78 Å². The first-order chi connectivity index (χ1) is 10.1. The van der Waals surface area contributed by atoms with Crippen LogP contribution in [0.1, 0.15) is 28.8 Å². The van der Waals surface area contributed by atoms with Crippen molar-refractivity contribution in [1.82, 2.24) is 9.80 Å². The normalized spacial score (nSPS) is 23.4. The zero-order chi connectivity index (χ0) is 14.8. The molecule has 0 radical (unpaired) electrons. The minimum Gasteiger partial charge on any atom is -0.493 e. The highest BCUT2D eigenvalue weighted by Gasteiger charge is 2.27. The van der Waals surface area contributed by atoms with Crippen LogP contribution in [-0.2, 0) is 6.42 Å². The van der Waals surface area contributed by atoms with E-state index < -0.39 is 0 Å². The highest BCUT2D eigenvalue weighted by Crippen LogP contribution is 2.30. The van der Waals surface area contributed by atoms with E-state index in [1.165, 1.54) is 5.56 Å². The molecule has 0 saturated carbocycles. The number of Topliss-reactive ketones (excluding diaryl/α,β-unsaturated/α-hetero) is 1. The van der Waals surface area contributed by atoms with Crippen LogP contribution >= 0.6 is 0 Å². The van der Waals surface area contributed by atoms with Crippen molar-refractivity contribution in [1.29, 1.82) is 0 Å². The second kappa shape index (κ2) is 6.16. The van der Waals surface area contributed by atoms with Gasteiger partial charge >= 0.3 is 0 Å². The molecule has 21 heavy (non-hydrogen) atoms. The van der Waals surface area contributed by atoms with Gasteiger partial charge in [0.2, 0.25) is 0 Å². The minimum atomic E-state index is 0.209. The lowest BCUT2D eigenvalue weighted by atomic mass is 9.96. The van der Waals surface area contributed by atoms with Gasteiger partial charge in [0.05, 0.1) is 12.2 Å². The number of aryl methyl sites for hydroxylation is 1. The molecule has 1 aromatic rings. The smallest absolute Gasteiger partial charge is 0.168 e. The molecule has 2 aliphatic heterocycles. The number of carbonyl (C=O) groups excluding carboxylic acids is 1. The first kappa shape index (κ1) is 14.5. The lowest BCUT2D eigenvalue weighted by Crippen LogP contribution is -2.50. The van der Waals surface area contributed by atoms with E-state index in [1.54, 1.807) is 0 Å². The van der Waals surface area contributed by atoms with Gasteiger partial charge in [-0.15, -0.1) is 0 Å². The summed E-state index contributed by atoms with van der Waals surface area (Å²) in [6.45, 7) is 3.78. The number of carbonyl (C=O) groups is 1. The van der Waals surface area contributed by atoms with Crippen LogP contribution < -0.4 is 4.74 Å². The van der Waals surface area contributed by atoms with Crippen LogP contribution in [-0.4, -0.2) is 62.0 Å². The van der Waals surface area contributed by atoms with E-state index in [2.05, 4.69) is 30.0 Å². The monoisotopic (exact) mass is 288 g/mol. The molecular formula is C17H24N2O2. The Morgan fingerprint density at radius 3 is 3.05 bits per heavy atom. The van der Waals surface area contributed by atoms with Crippen molar-refractivity contribution in [2.45, 2.75) is 25.3 Å². The van der Waals surface area contributed by atoms with Gasteiger partial charge in [-0.2, -0.15) is 0 Å². The average Bonchev–Trinajstić information content (AvgIpc) is 2.50. The maximum Gasteiger partial charge on any atom is 0.168 e. The summed E-state index contributed by atoms with van der Waals surface area (Å²) in [6.07, 6.45) is 2.63. The fraction of sp³-hybridized carbons (Fsp3) is 0.588. The fourth-order valence-electron chi connectivity index (χ4n) is 3.25. The minimum absolute atomic E-state index is 0.209. The maximum atomic E-state index is 12.7. The number of ketones is 1. The summed E-state index contributed by atoms with van der Waals surface area (Å²) < 4.78 is 5.77. The molecule has 1 unspecified atom stereocenters. The van der Waals surface area contributed by atoms with Crippen LogP contribution in [0.4, 0.5) is 0 Å². The number of piperazine rings is 1. The molecular weight excluding hydrogens is 264 g/mol. The topological polar surface area (TPSA) is 32.8 Å². The zero-order valence-electron chi connectivity index (χ0n) is 13.0. The van der Waals surface area contributed by atoms with Crippen molar-refractivity contribution >= 4 is 5.78 Å². The number of hydrogen-bond donors (Lipinski definition) is 0. The Morgan fingerprint density at radius 2 is 2.19 bits per heavy atom. The Morgan fingerprint density at radius 1 is 1.33 bits per heavy atom. The molecule has 2 aliphatic rings. The zero-order valence-corrected chi connectivity index (χ0v) is 13.0. The molecule has 1 saturated heterocycles. The number of para-hydroxylation sites is 1. The molecule has 114 valence electrons. The van der Waals surface area contributed by atoms with Gasteiger partial charge in [-0.25, -0.2) is 0 Å². The van der Waals surface area contributed by atoms with Gasteiger partial charge in [0, 0.05) is 32.1 Å². The highest BCUT2D eigenvalue weighted by atomic mass is 16.5. The van der Waals surface area contributed by atoms with Crippen LogP contribution in [0.25, 0.3) is 0 Å². The third-order valence-electron chi connectivity index (χ3n) is 4.64. The Bertz CT molecular complexity index is 530. The summed E-state index contributed by atoms with van der Waals surface area (Å²) in [5, 5.41) is 0. The van der Waals surface area contributed by atoms with Gasteiger partial charge < -0.3 is 14.5 Å². The van der Waals surface area contributed by atoms with E-state index in [0.717, 1.165) is 50.4 Å². The van der Waals surface area contributed by atoms with E-state index in [4.69, 9.17) is 4.74 Å². The molecule has 1 aromatic carbocycles. The number of benzene rings is 1. The van der Waals surface area contributed by atoms with Crippen molar-refractivity contribution in [2.24, 2.45) is 0 Å². The molecule has 1 fully saturated rings. The Labute approximate surface area is 126 Å². The Hall–Kier alpha value is -1.39. The van der Waals surface area contributed by atoms with Crippen molar-refractivity contribution < 1.29 is 9.53 Å². The quantitative estimate of drug-likeness (QED) is 0.795. The van der Waals surface area contributed by atoms with Crippen LogP contribution in [0.5, 0.6) is 5.75 Å². The Kier molecular flexibility index (Phi) is 4.27. The van der Waals surface area contributed by atoms with Crippen molar-refractivity contribution in [3.63, 3.8) is 0 Å². The molecule has 2 heterocycles. The van der Waals surface area contributed by atoms with Gasteiger partial charge in [-0.05, 0) is 38.6 Å². The summed E-state index contributed by atoms with van der Waals surface area (Å²) in [7, 11) is 4.24. The predicted molar refractivity (Wildman–Crippen MR) is 83.1 cm³/mol. The fourth-order valence-corrected chi connectivity index (χ4v) is 3.25. The summed E-state index contributed by atoms with van der Waals surface area (Å²) >= 11 is 0. The van der Waals surface area contributed by atoms with Gasteiger partial charge in [-0.1, -0.05) is 12.1 Å². The van der Waals surface area contributed by atoms with Crippen LogP contribution in [0.15, 0.2) is 18.2 Å². The van der Waals surface area contributed by atoms with Gasteiger partial charge in [-0.3, -0.25) is 4.79 Å². The summed E-state index contributed by atoms with van der Waals surface area (Å²) in [5.74, 6) is 1.04. The molecule has 1 atom stereocenters. The summed E-state index contributed by atoms with van der Waals surface area (Å²) in [5.41, 5.74) is 1.95. The number of nitrogens with zero attached hydrogens (tertiary/aromatic N) is 2. The second-order valence-corrected chi connectivity index (χ2v) is 6.27. The SMILES string of the molecule is CN1CCN(C)C(CC(=O)c2cccc3c2OCCC3)C1. The largest absolute Gasteiger partial charge is 0.493 e. The van der Waals surface area contributed by atoms with Crippen molar-refractivity contribution in [2.75, 3.05) is 40.3 Å². The summed E-state index contributed by atoms with van der Waals surface area (Å²) in [6, 6.07) is 6.28. The van der Waals surface area contributed by atoms with Crippen molar-refractivity contribution in [3.05, 3.63) is 29.3 Å². The van der Waals surface area contributed by atoms with Gasteiger partial charge in [0.25, 0.3) is 0 Å². The molecule has 0 bridgehead atoms. The number of hydrogen-bond acceptors (Lipinski definition) is 4. The maximum absolute atomic E-state index is 12.7. The van der Waals surface area contributed by atoms with E-state index in [9.17, 15) is 4.79 Å². The standard InChI is InChI=1S/C17H24N2O2/c1-18-8-9-19(2)14(12-18)11-16(20)15-7-3-5-13-6-4-10-21-17(13)15/h3,5,7,14H,4,6,8-12H2,1-2H3. The first-order valence-electron chi connectivity index (χ1n) is 7.82. The molecule has 0 aliphatic carbocycles. The van der Waals surface area contributed by atoms with Crippen molar-refractivity contribution in [3.8, 4) is 5.75 Å². The predicted octanol–water partition coefficient (Wildman–Crippen LogP) is 1.83. The van der Waals surface area contributed by atoms with E-state index in [1.807, 2.05) is 12.1 Å². The van der Waals surface area contributed by atoms with Crippen LogP contribution in [0, 0.1) is 0 Å². The van der Waals surface area contributed by atoms with E-state index >= 15 is 0 Å². The average molecular weight is 288 g/mol. The molecule has 0 spiro atoms. The lowest BCUT2D eigenvalue weighted by Gasteiger charge is -2.37. The summed E-state index contributed by atoms with van der Waals surface area (Å²) in [4.78, 5) is 17.3. The highest BCUT2D eigenvalue weighted by molar-refractivity contribution is 5.99. The van der Waals surface area contributed by atoms with Gasteiger partial charge in [0.1, 0.15) is 5.75 Å². The van der Waals surface area contributed by atoms with E-state index in [-0.39, 0.29) is 5.78 Å². The number of fused-ring (bicyclic) bond motifs is 1. The van der Waals surface area contributed by atoms with Crippen LogP contribution in [0.3, 0.4) is 0 Å².